The number of anilines is 1. The molecule has 4 aliphatic carbocycles. The largest absolute Gasteiger partial charge is 0.455 e. The SMILES string of the molecule is Cc1ccc(NC(=O)COC(=O)C23CC4CC(CC(C4)C2)C3)c(Cl)c1. The van der Waals surface area contributed by atoms with E-state index in [9.17, 15) is 9.59 Å². The predicted molar refractivity (Wildman–Crippen MR) is 96.4 cm³/mol. The van der Waals surface area contributed by atoms with Crippen LogP contribution in [0.25, 0.3) is 0 Å². The van der Waals surface area contributed by atoms with Gasteiger partial charge in [0.25, 0.3) is 5.91 Å². The molecule has 0 aromatic heterocycles. The second-order valence-corrected chi connectivity index (χ2v) is 8.71. The summed E-state index contributed by atoms with van der Waals surface area (Å²) in [5.74, 6) is 1.53. The van der Waals surface area contributed by atoms with Crippen molar-refractivity contribution >= 4 is 29.2 Å². The standard InChI is InChI=1S/C20H24ClNO3/c1-12-2-3-17(16(21)4-12)22-18(23)11-25-19(24)20-8-13-5-14(9-20)7-15(6-13)10-20/h2-4,13-15H,5-11H2,1H3,(H,22,23). The summed E-state index contributed by atoms with van der Waals surface area (Å²) in [5.41, 5.74) is 1.25. The fourth-order valence-corrected chi connectivity index (χ4v) is 5.83. The molecule has 4 fully saturated rings. The van der Waals surface area contributed by atoms with Gasteiger partial charge in [-0.25, -0.2) is 0 Å². The summed E-state index contributed by atoms with van der Waals surface area (Å²) in [4.78, 5) is 24.9. The van der Waals surface area contributed by atoms with Crippen LogP contribution in [-0.4, -0.2) is 18.5 Å². The molecule has 0 spiro atoms. The van der Waals surface area contributed by atoms with Gasteiger partial charge in [-0.1, -0.05) is 17.7 Å². The van der Waals surface area contributed by atoms with Crippen LogP contribution in [0.15, 0.2) is 18.2 Å². The topological polar surface area (TPSA) is 55.4 Å². The van der Waals surface area contributed by atoms with Crippen LogP contribution in [0.1, 0.15) is 44.1 Å². The Morgan fingerprint density at radius 3 is 2.32 bits per heavy atom. The third-order valence-electron chi connectivity index (χ3n) is 6.20. The average Bonchev–Trinajstić information content (AvgIpc) is 2.54. The molecule has 4 saturated carbocycles. The van der Waals surface area contributed by atoms with Crippen molar-refractivity contribution in [2.75, 3.05) is 11.9 Å². The number of nitrogens with one attached hydrogen (secondary N) is 1. The molecule has 1 amide bonds. The molecule has 0 atom stereocenters. The minimum Gasteiger partial charge on any atom is -0.455 e. The molecule has 1 aromatic carbocycles. The summed E-state index contributed by atoms with van der Waals surface area (Å²) in [6.07, 6.45) is 6.67. The van der Waals surface area contributed by atoms with E-state index >= 15 is 0 Å². The number of amides is 1. The third kappa shape index (κ3) is 3.29. The molecule has 0 heterocycles. The Morgan fingerprint density at radius 2 is 1.76 bits per heavy atom. The molecule has 1 N–H and O–H groups in total. The molecular weight excluding hydrogens is 338 g/mol. The maximum absolute atomic E-state index is 12.7. The van der Waals surface area contributed by atoms with Gasteiger partial charge in [0.2, 0.25) is 0 Å². The molecule has 0 saturated heterocycles. The highest BCUT2D eigenvalue weighted by Gasteiger charge is 2.55. The van der Waals surface area contributed by atoms with Gasteiger partial charge in [0.15, 0.2) is 6.61 Å². The van der Waals surface area contributed by atoms with Crippen LogP contribution in [0.3, 0.4) is 0 Å². The zero-order chi connectivity index (χ0) is 17.6. The maximum Gasteiger partial charge on any atom is 0.312 e. The summed E-state index contributed by atoms with van der Waals surface area (Å²) in [7, 11) is 0. The summed E-state index contributed by atoms with van der Waals surface area (Å²) >= 11 is 6.12. The third-order valence-corrected chi connectivity index (χ3v) is 6.52. The molecule has 0 radical (unpaired) electrons. The van der Waals surface area contributed by atoms with E-state index in [0.29, 0.717) is 28.5 Å². The van der Waals surface area contributed by atoms with Crippen molar-refractivity contribution in [3.8, 4) is 0 Å². The number of ether oxygens (including phenoxy) is 1. The van der Waals surface area contributed by atoms with E-state index < -0.39 is 0 Å². The van der Waals surface area contributed by atoms with E-state index in [0.717, 1.165) is 24.8 Å². The molecule has 4 aliphatic rings. The van der Waals surface area contributed by atoms with Gasteiger partial charge in [-0.3, -0.25) is 9.59 Å². The van der Waals surface area contributed by atoms with E-state index in [1.807, 2.05) is 13.0 Å². The molecule has 5 rings (SSSR count). The molecule has 0 unspecified atom stereocenters. The molecule has 4 bridgehead atoms. The second-order valence-electron chi connectivity index (χ2n) is 8.31. The van der Waals surface area contributed by atoms with Crippen LogP contribution >= 0.6 is 11.6 Å². The van der Waals surface area contributed by atoms with Crippen molar-refractivity contribution in [2.45, 2.75) is 45.4 Å². The minimum absolute atomic E-state index is 0.170. The van der Waals surface area contributed by atoms with E-state index in [-0.39, 0.29) is 23.9 Å². The van der Waals surface area contributed by atoms with Gasteiger partial charge < -0.3 is 10.1 Å². The molecule has 1 aromatic rings. The van der Waals surface area contributed by atoms with Gasteiger partial charge in [0.05, 0.1) is 16.1 Å². The lowest BCUT2D eigenvalue weighted by atomic mass is 9.49. The number of carbonyl (C=O) groups excluding carboxylic acids is 2. The number of esters is 1. The Labute approximate surface area is 153 Å². The Kier molecular flexibility index (Phi) is 4.27. The Hall–Kier alpha value is -1.55. The van der Waals surface area contributed by atoms with Gasteiger partial charge in [0.1, 0.15) is 0 Å². The first kappa shape index (κ1) is 16.9. The van der Waals surface area contributed by atoms with Crippen molar-refractivity contribution in [1.29, 1.82) is 0 Å². The highest BCUT2D eigenvalue weighted by atomic mass is 35.5. The highest BCUT2D eigenvalue weighted by Crippen LogP contribution is 2.60. The number of carbonyl (C=O) groups is 2. The zero-order valence-corrected chi connectivity index (χ0v) is 15.3. The van der Waals surface area contributed by atoms with Crippen LogP contribution < -0.4 is 5.32 Å². The monoisotopic (exact) mass is 361 g/mol. The number of halogens is 1. The summed E-state index contributed by atoms with van der Waals surface area (Å²) in [5, 5.41) is 3.21. The molecular formula is C20H24ClNO3. The van der Waals surface area contributed by atoms with Crippen molar-refractivity contribution in [3.05, 3.63) is 28.8 Å². The number of hydrogen-bond donors (Lipinski definition) is 1. The Morgan fingerprint density at radius 1 is 1.16 bits per heavy atom. The first-order valence-electron chi connectivity index (χ1n) is 9.17. The normalized spacial score (nSPS) is 32.5. The lowest BCUT2D eigenvalue weighted by Gasteiger charge is -2.55. The highest BCUT2D eigenvalue weighted by molar-refractivity contribution is 6.33. The van der Waals surface area contributed by atoms with Crippen molar-refractivity contribution in [3.63, 3.8) is 0 Å². The van der Waals surface area contributed by atoms with Crippen LogP contribution in [0, 0.1) is 30.1 Å². The lowest BCUT2D eigenvalue weighted by Crippen LogP contribution is -2.50. The van der Waals surface area contributed by atoms with Gasteiger partial charge in [0, 0.05) is 0 Å². The molecule has 5 heteroatoms. The summed E-state index contributed by atoms with van der Waals surface area (Å²) in [6.45, 7) is 1.69. The van der Waals surface area contributed by atoms with Gasteiger partial charge in [-0.15, -0.1) is 0 Å². The molecule has 134 valence electrons. The van der Waals surface area contributed by atoms with Crippen molar-refractivity contribution in [1.82, 2.24) is 0 Å². The van der Waals surface area contributed by atoms with E-state index in [4.69, 9.17) is 16.3 Å². The van der Waals surface area contributed by atoms with Crippen molar-refractivity contribution < 1.29 is 14.3 Å². The predicted octanol–water partition coefficient (Wildman–Crippen LogP) is 4.35. The lowest BCUT2D eigenvalue weighted by molar-refractivity contribution is -0.172. The van der Waals surface area contributed by atoms with Crippen LogP contribution in [0.2, 0.25) is 5.02 Å². The number of hydrogen-bond acceptors (Lipinski definition) is 3. The summed E-state index contributed by atoms with van der Waals surface area (Å²) < 4.78 is 5.43. The minimum atomic E-state index is -0.344. The fraction of sp³-hybridized carbons (Fsp3) is 0.600. The van der Waals surface area contributed by atoms with E-state index in [1.165, 1.54) is 19.3 Å². The van der Waals surface area contributed by atoms with E-state index in [2.05, 4.69) is 5.32 Å². The van der Waals surface area contributed by atoms with Crippen molar-refractivity contribution in [2.24, 2.45) is 23.2 Å². The molecule has 25 heavy (non-hydrogen) atoms. The number of rotatable bonds is 4. The van der Waals surface area contributed by atoms with Gasteiger partial charge in [-0.05, 0) is 80.9 Å². The second kappa shape index (κ2) is 6.31. The summed E-state index contributed by atoms with van der Waals surface area (Å²) in [6, 6.07) is 5.43. The van der Waals surface area contributed by atoms with E-state index in [1.54, 1.807) is 12.1 Å². The quantitative estimate of drug-likeness (QED) is 0.811. The smallest absolute Gasteiger partial charge is 0.312 e. The fourth-order valence-electron chi connectivity index (χ4n) is 5.55. The Balaban J connectivity index is 1.35. The molecule has 4 nitrogen and oxygen atoms in total. The van der Waals surface area contributed by atoms with Crippen LogP contribution in [0.5, 0.6) is 0 Å². The zero-order valence-electron chi connectivity index (χ0n) is 14.5. The Bertz CT molecular complexity index is 680. The van der Waals surface area contributed by atoms with Crippen LogP contribution in [-0.2, 0) is 14.3 Å². The number of benzene rings is 1. The van der Waals surface area contributed by atoms with Gasteiger partial charge >= 0.3 is 5.97 Å². The number of aryl methyl sites for hydroxylation is 1. The first-order valence-corrected chi connectivity index (χ1v) is 9.54. The average molecular weight is 362 g/mol. The first-order chi connectivity index (χ1) is 11.9. The van der Waals surface area contributed by atoms with Crippen LogP contribution in [0.4, 0.5) is 5.69 Å². The molecule has 0 aliphatic heterocycles. The van der Waals surface area contributed by atoms with Gasteiger partial charge in [-0.2, -0.15) is 0 Å². The maximum atomic E-state index is 12.7.